The highest BCUT2D eigenvalue weighted by Crippen LogP contribution is 2.27. The van der Waals surface area contributed by atoms with Crippen LogP contribution >= 0.6 is 15.9 Å². The zero-order valence-corrected chi connectivity index (χ0v) is 25.3. The van der Waals surface area contributed by atoms with Gasteiger partial charge < -0.3 is 10.2 Å². The maximum absolute atomic E-state index is 14.0. The number of halogens is 1. The molecule has 0 aliphatic rings. The molecule has 1 N–H and O–H groups in total. The van der Waals surface area contributed by atoms with Crippen LogP contribution in [0.25, 0.3) is 0 Å². The molecule has 7 nitrogen and oxygen atoms in total. The summed E-state index contributed by atoms with van der Waals surface area (Å²) in [6, 6.07) is 20.3. The van der Waals surface area contributed by atoms with Gasteiger partial charge in [0.05, 0.1) is 10.6 Å². The Bertz CT molecular complexity index is 1390. The third-order valence-corrected chi connectivity index (χ3v) is 8.78. The van der Waals surface area contributed by atoms with Gasteiger partial charge in [-0.05, 0) is 68.7 Å². The van der Waals surface area contributed by atoms with E-state index in [0.717, 1.165) is 32.7 Å². The number of carbonyl (C=O) groups is 2. The number of anilines is 1. The van der Waals surface area contributed by atoms with Crippen molar-refractivity contribution in [3.8, 4) is 0 Å². The van der Waals surface area contributed by atoms with Crippen LogP contribution in [0.3, 0.4) is 0 Å². The topological polar surface area (TPSA) is 86.8 Å². The molecule has 1 atom stereocenters. The molecule has 0 saturated carbocycles. The zero-order chi connectivity index (χ0) is 28.6. The first-order valence-corrected chi connectivity index (χ1v) is 15.2. The van der Waals surface area contributed by atoms with E-state index in [4.69, 9.17) is 0 Å². The summed E-state index contributed by atoms with van der Waals surface area (Å²) in [6.07, 6.45) is 1.76. The molecule has 0 aliphatic carbocycles. The van der Waals surface area contributed by atoms with Gasteiger partial charge in [0.25, 0.3) is 10.0 Å². The van der Waals surface area contributed by atoms with Crippen LogP contribution in [0, 0.1) is 13.8 Å². The van der Waals surface area contributed by atoms with Gasteiger partial charge >= 0.3 is 0 Å². The number of amides is 2. The zero-order valence-electron chi connectivity index (χ0n) is 22.9. The highest BCUT2D eigenvalue weighted by Gasteiger charge is 2.33. The van der Waals surface area contributed by atoms with Crippen molar-refractivity contribution in [3.63, 3.8) is 0 Å². The maximum Gasteiger partial charge on any atom is 0.264 e. The van der Waals surface area contributed by atoms with Crippen molar-refractivity contribution in [2.75, 3.05) is 17.4 Å². The minimum atomic E-state index is -4.09. The lowest BCUT2D eigenvalue weighted by Gasteiger charge is -2.32. The number of para-hydroxylation sites is 1. The number of carbonyl (C=O) groups excluding carboxylic acids is 2. The van der Waals surface area contributed by atoms with Gasteiger partial charge in [0, 0.05) is 17.6 Å². The van der Waals surface area contributed by atoms with Crippen LogP contribution in [0.15, 0.2) is 82.2 Å². The number of unbranched alkanes of at least 4 members (excludes halogenated alkanes) is 1. The van der Waals surface area contributed by atoms with E-state index in [1.54, 1.807) is 56.3 Å². The third kappa shape index (κ3) is 7.92. The third-order valence-electron chi connectivity index (χ3n) is 6.51. The number of hydrogen-bond acceptors (Lipinski definition) is 4. The monoisotopic (exact) mass is 613 g/mol. The predicted octanol–water partition coefficient (Wildman–Crippen LogP) is 5.59. The number of sulfonamides is 1. The van der Waals surface area contributed by atoms with E-state index in [1.807, 2.05) is 44.2 Å². The summed E-state index contributed by atoms with van der Waals surface area (Å²) in [4.78, 5) is 28.5. The molecule has 0 saturated heterocycles. The van der Waals surface area contributed by atoms with Crippen LogP contribution in [0.4, 0.5) is 5.69 Å². The van der Waals surface area contributed by atoms with Gasteiger partial charge in [-0.3, -0.25) is 13.9 Å². The van der Waals surface area contributed by atoms with Crippen LogP contribution in [0.2, 0.25) is 0 Å². The first-order valence-electron chi connectivity index (χ1n) is 13.0. The summed E-state index contributed by atoms with van der Waals surface area (Å²) in [5, 5.41) is 2.90. The maximum atomic E-state index is 14.0. The van der Waals surface area contributed by atoms with Crippen molar-refractivity contribution in [2.24, 2.45) is 0 Å². The Morgan fingerprint density at radius 1 is 0.974 bits per heavy atom. The van der Waals surface area contributed by atoms with Gasteiger partial charge in [0.2, 0.25) is 11.8 Å². The molecule has 0 aromatic heterocycles. The molecule has 0 heterocycles. The molecular weight excluding hydrogens is 578 g/mol. The number of nitrogens with zero attached hydrogens (tertiary/aromatic N) is 2. The first-order chi connectivity index (χ1) is 18.5. The summed E-state index contributed by atoms with van der Waals surface area (Å²) >= 11 is 3.46. The normalized spacial score (nSPS) is 12.0. The summed E-state index contributed by atoms with van der Waals surface area (Å²) < 4.78 is 29.8. The van der Waals surface area contributed by atoms with E-state index in [9.17, 15) is 18.0 Å². The molecule has 0 spiro atoms. The second-order valence-corrected chi connectivity index (χ2v) is 12.4. The highest BCUT2D eigenvalue weighted by atomic mass is 79.9. The van der Waals surface area contributed by atoms with Crippen LogP contribution < -0.4 is 9.62 Å². The Morgan fingerprint density at radius 3 is 2.31 bits per heavy atom. The van der Waals surface area contributed by atoms with Crippen LogP contribution in [-0.4, -0.2) is 44.3 Å². The first kappa shape index (κ1) is 30.4. The quantitative estimate of drug-likeness (QED) is 0.270. The lowest BCUT2D eigenvalue weighted by molar-refractivity contribution is -0.139. The van der Waals surface area contributed by atoms with Gasteiger partial charge in [-0.2, -0.15) is 0 Å². The lowest BCUT2D eigenvalue weighted by Crippen LogP contribution is -2.51. The van der Waals surface area contributed by atoms with E-state index in [-0.39, 0.29) is 17.3 Å². The standard InChI is InChI=1S/C30H36BrN3O4S/c1-5-6-18-32-30(36)24(4)33(20-25-11-9-12-26(31)19-25)29(35)21-34(28-13-8-7-10-23(28)3)39(37,38)27-16-14-22(2)15-17-27/h7-17,19,24H,5-6,18,20-21H2,1-4H3,(H,32,36)/t24-/m0/s1. The van der Waals surface area contributed by atoms with E-state index in [2.05, 4.69) is 21.2 Å². The van der Waals surface area contributed by atoms with Gasteiger partial charge in [-0.1, -0.05) is 77.3 Å². The molecule has 39 heavy (non-hydrogen) atoms. The van der Waals surface area contributed by atoms with E-state index in [1.165, 1.54) is 4.90 Å². The largest absolute Gasteiger partial charge is 0.354 e. The fourth-order valence-electron chi connectivity index (χ4n) is 4.14. The Hall–Kier alpha value is -3.17. The molecule has 2 amide bonds. The Balaban J connectivity index is 2.01. The Labute approximate surface area is 240 Å². The van der Waals surface area contributed by atoms with Gasteiger partial charge in [0.1, 0.15) is 12.6 Å². The van der Waals surface area contributed by atoms with Gasteiger partial charge in [0.15, 0.2) is 0 Å². The number of aryl methyl sites for hydroxylation is 2. The SMILES string of the molecule is CCCCNC(=O)[C@H](C)N(Cc1cccc(Br)c1)C(=O)CN(c1ccccc1C)S(=O)(=O)c1ccc(C)cc1. The van der Waals surface area contributed by atoms with Crippen molar-refractivity contribution < 1.29 is 18.0 Å². The molecule has 0 aliphatic heterocycles. The molecular formula is C30H36BrN3O4S. The van der Waals surface area contributed by atoms with Crippen molar-refractivity contribution >= 4 is 43.5 Å². The number of benzene rings is 3. The summed E-state index contributed by atoms with van der Waals surface area (Å²) in [7, 11) is -4.09. The molecule has 3 rings (SSSR count). The van der Waals surface area contributed by atoms with Crippen molar-refractivity contribution in [1.29, 1.82) is 0 Å². The second kappa shape index (κ2) is 13.8. The number of hydrogen-bond donors (Lipinski definition) is 1. The minimum absolute atomic E-state index is 0.0908. The summed E-state index contributed by atoms with van der Waals surface area (Å²) in [5.41, 5.74) is 2.86. The van der Waals surface area contributed by atoms with Crippen LogP contribution in [0.5, 0.6) is 0 Å². The van der Waals surface area contributed by atoms with Crippen molar-refractivity contribution in [2.45, 2.75) is 58.0 Å². The van der Waals surface area contributed by atoms with E-state index < -0.39 is 28.5 Å². The molecule has 0 unspecified atom stereocenters. The summed E-state index contributed by atoms with van der Waals surface area (Å²) in [6.45, 7) is 7.59. The fourth-order valence-corrected chi connectivity index (χ4v) is 6.07. The van der Waals surface area contributed by atoms with Crippen LogP contribution in [0.1, 0.15) is 43.4 Å². The van der Waals surface area contributed by atoms with Gasteiger partial charge in [-0.25, -0.2) is 8.42 Å². The predicted molar refractivity (Wildman–Crippen MR) is 159 cm³/mol. The lowest BCUT2D eigenvalue weighted by atomic mass is 10.1. The summed E-state index contributed by atoms with van der Waals surface area (Å²) in [5.74, 6) is -0.761. The smallest absolute Gasteiger partial charge is 0.264 e. The molecule has 0 fully saturated rings. The molecule has 0 bridgehead atoms. The Morgan fingerprint density at radius 2 is 1.67 bits per heavy atom. The Kier molecular flexibility index (Phi) is 10.7. The fraction of sp³-hybridized carbons (Fsp3) is 0.333. The molecule has 3 aromatic rings. The van der Waals surface area contributed by atoms with Crippen molar-refractivity contribution in [3.05, 3.63) is 94.0 Å². The minimum Gasteiger partial charge on any atom is -0.354 e. The molecule has 3 aromatic carbocycles. The molecule has 208 valence electrons. The molecule has 9 heteroatoms. The van der Waals surface area contributed by atoms with E-state index >= 15 is 0 Å². The highest BCUT2D eigenvalue weighted by molar-refractivity contribution is 9.10. The van der Waals surface area contributed by atoms with E-state index in [0.29, 0.717) is 17.8 Å². The second-order valence-electron chi connectivity index (χ2n) is 9.58. The average Bonchev–Trinajstić information content (AvgIpc) is 2.90. The van der Waals surface area contributed by atoms with Crippen LogP contribution in [-0.2, 0) is 26.2 Å². The van der Waals surface area contributed by atoms with Crippen molar-refractivity contribution in [1.82, 2.24) is 10.2 Å². The number of rotatable bonds is 12. The average molecular weight is 615 g/mol. The number of nitrogens with one attached hydrogen (secondary N) is 1. The molecule has 0 radical (unpaired) electrons. The van der Waals surface area contributed by atoms with Gasteiger partial charge in [-0.15, -0.1) is 0 Å².